The molecular weight excluding hydrogens is 274 g/mol. The average Bonchev–Trinajstić information content (AvgIpc) is 2.63. The van der Waals surface area contributed by atoms with Gasteiger partial charge in [0.2, 0.25) is 9.47 Å². The third-order valence-corrected chi connectivity index (χ3v) is 6.00. The molecule has 0 saturated heterocycles. The lowest BCUT2D eigenvalue weighted by molar-refractivity contribution is 0.0656. The summed E-state index contributed by atoms with van der Waals surface area (Å²) < 4.78 is 26.5. The van der Waals surface area contributed by atoms with Crippen molar-refractivity contribution in [1.82, 2.24) is 19.8 Å². The first kappa shape index (κ1) is 13.7. The van der Waals surface area contributed by atoms with Crippen LogP contribution in [0.2, 0.25) is 0 Å². The summed E-state index contributed by atoms with van der Waals surface area (Å²) in [5, 5.41) is 7.22. The topological polar surface area (TPSA) is 101 Å². The molecule has 2 rings (SSSR count). The zero-order chi connectivity index (χ0) is 13.4. The van der Waals surface area contributed by atoms with Crippen LogP contribution in [0.3, 0.4) is 0 Å². The number of sulfonamides is 1. The van der Waals surface area contributed by atoms with E-state index < -0.39 is 10.0 Å². The molecule has 102 valence electrons. The predicted octanol–water partition coefficient (Wildman–Crippen LogP) is -0.117. The first-order valence-electron chi connectivity index (χ1n) is 5.62. The van der Waals surface area contributed by atoms with Crippen molar-refractivity contribution in [3.05, 3.63) is 0 Å². The number of hydrogen-bond donors (Lipinski definition) is 2. The first-order chi connectivity index (χ1) is 8.36. The van der Waals surface area contributed by atoms with Gasteiger partial charge in [0.15, 0.2) is 0 Å². The van der Waals surface area contributed by atoms with Gasteiger partial charge in [-0.2, -0.15) is 0 Å². The lowest BCUT2D eigenvalue weighted by Gasteiger charge is -2.47. The highest BCUT2D eigenvalue weighted by molar-refractivity contribution is 7.91. The van der Waals surface area contributed by atoms with Crippen LogP contribution in [0.1, 0.15) is 19.3 Å². The van der Waals surface area contributed by atoms with Crippen molar-refractivity contribution >= 4 is 26.5 Å². The predicted molar refractivity (Wildman–Crippen MR) is 69.8 cm³/mol. The molecule has 9 heteroatoms. The van der Waals surface area contributed by atoms with Gasteiger partial charge in [0, 0.05) is 12.1 Å². The normalized spacial score (nSPS) is 18.8. The van der Waals surface area contributed by atoms with Crippen molar-refractivity contribution in [2.45, 2.75) is 29.1 Å². The number of nitrogens with one attached hydrogen (secondary N) is 1. The van der Waals surface area contributed by atoms with Crippen LogP contribution in [0.4, 0.5) is 5.13 Å². The lowest BCUT2D eigenvalue weighted by atomic mass is 9.76. The molecule has 0 aliphatic heterocycles. The van der Waals surface area contributed by atoms with E-state index in [-0.39, 0.29) is 15.0 Å². The van der Waals surface area contributed by atoms with Crippen LogP contribution in [0.15, 0.2) is 4.34 Å². The number of nitrogen functional groups attached to an aromatic ring is 1. The Labute approximate surface area is 110 Å². The summed E-state index contributed by atoms with van der Waals surface area (Å²) >= 11 is 0.871. The monoisotopic (exact) mass is 291 g/mol. The second kappa shape index (κ2) is 4.72. The smallest absolute Gasteiger partial charge is 0.269 e. The molecular formula is C9H17N5O2S2. The highest BCUT2D eigenvalue weighted by Gasteiger charge is 2.40. The summed E-state index contributed by atoms with van der Waals surface area (Å²) in [6.07, 6.45) is 3.13. The fraction of sp³-hybridized carbons (Fsp3) is 0.778. The number of hydrogen-bond acceptors (Lipinski definition) is 7. The standard InChI is InChI=1S/C9H17N5O2S2/c1-14(2)9(4-3-5-9)6-11-18(15,16)8-13-12-7(10)17-8/h11H,3-6H2,1-2H3,(H2,10,12). The first-order valence-corrected chi connectivity index (χ1v) is 7.92. The average molecular weight is 291 g/mol. The zero-order valence-electron chi connectivity index (χ0n) is 10.4. The molecule has 0 aromatic carbocycles. The van der Waals surface area contributed by atoms with Gasteiger partial charge in [-0.3, -0.25) is 0 Å². The minimum absolute atomic E-state index is 0.0662. The Morgan fingerprint density at radius 3 is 2.50 bits per heavy atom. The number of anilines is 1. The summed E-state index contributed by atoms with van der Waals surface area (Å²) in [6.45, 7) is 0.391. The van der Waals surface area contributed by atoms with E-state index in [2.05, 4.69) is 19.8 Å². The van der Waals surface area contributed by atoms with Gasteiger partial charge >= 0.3 is 0 Å². The van der Waals surface area contributed by atoms with Crippen molar-refractivity contribution in [2.24, 2.45) is 0 Å². The molecule has 0 atom stereocenters. The highest BCUT2D eigenvalue weighted by atomic mass is 32.2. The Kier molecular flexibility index (Phi) is 3.58. The molecule has 1 aromatic rings. The molecule has 1 aromatic heterocycles. The van der Waals surface area contributed by atoms with Gasteiger partial charge in [0.1, 0.15) is 0 Å². The number of rotatable bonds is 5. The van der Waals surface area contributed by atoms with Crippen LogP contribution in [0.25, 0.3) is 0 Å². The summed E-state index contributed by atoms with van der Waals surface area (Å²) in [6, 6.07) is 0. The van der Waals surface area contributed by atoms with Gasteiger partial charge in [0.05, 0.1) is 0 Å². The second-order valence-corrected chi connectivity index (χ2v) is 7.65. The van der Waals surface area contributed by atoms with Gasteiger partial charge in [-0.05, 0) is 33.4 Å². The van der Waals surface area contributed by atoms with E-state index >= 15 is 0 Å². The van der Waals surface area contributed by atoms with Crippen molar-refractivity contribution in [3.63, 3.8) is 0 Å². The quantitative estimate of drug-likeness (QED) is 0.784. The molecule has 0 unspecified atom stereocenters. The molecule has 3 N–H and O–H groups in total. The molecule has 7 nitrogen and oxygen atoms in total. The third-order valence-electron chi connectivity index (χ3n) is 3.48. The Bertz CT molecular complexity index is 521. The van der Waals surface area contributed by atoms with Crippen molar-refractivity contribution < 1.29 is 8.42 Å². The van der Waals surface area contributed by atoms with Crippen molar-refractivity contribution in [2.75, 3.05) is 26.4 Å². The fourth-order valence-electron chi connectivity index (χ4n) is 1.99. The van der Waals surface area contributed by atoms with E-state index in [1.165, 1.54) is 0 Å². The number of aromatic nitrogens is 2. The van der Waals surface area contributed by atoms with Crippen molar-refractivity contribution in [1.29, 1.82) is 0 Å². The van der Waals surface area contributed by atoms with Gasteiger partial charge in [0.25, 0.3) is 10.0 Å². The number of nitrogens with zero attached hydrogens (tertiary/aromatic N) is 3. The maximum Gasteiger partial charge on any atom is 0.269 e. The number of nitrogens with two attached hydrogens (primary N) is 1. The van der Waals surface area contributed by atoms with Gasteiger partial charge in [-0.1, -0.05) is 11.3 Å². The second-order valence-electron chi connectivity index (χ2n) is 4.70. The molecule has 1 fully saturated rings. The zero-order valence-corrected chi connectivity index (χ0v) is 12.0. The Hall–Kier alpha value is -0.770. The van der Waals surface area contributed by atoms with E-state index in [1.54, 1.807) is 0 Å². The maximum absolute atomic E-state index is 12.0. The largest absolute Gasteiger partial charge is 0.374 e. The highest BCUT2D eigenvalue weighted by Crippen LogP contribution is 2.35. The van der Waals surface area contributed by atoms with Gasteiger partial charge in [-0.25, -0.2) is 13.1 Å². The van der Waals surface area contributed by atoms with E-state index in [0.29, 0.717) is 6.54 Å². The molecule has 0 amide bonds. The lowest BCUT2D eigenvalue weighted by Crippen LogP contribution is -2.57. The fourth-order valence-corrected chi connectivity index (χ4v) is 3.93. The summed E-state index contributed by atoms with van der Waals surface area (Å²) in [5.41, 5.74) is 5.32. The molecule has 1 saturated carbocycles. The van der Waals surface area contributed by atoms with Gasteiger partial charge < -0.3 is 10.6 Å². The van der Waals surface area contributed by atoms with E-state index in [0.717, 1.165) is 30.6 Å². The molecule has 1 aliphatic rings. The van der Waals surface area contributed by atoms with Crippen LogP contribution < -0.4 is 10.5 Å². The molecule has 1 aliphatic carbocycles. The van der Waals surface area contributed by atoms with E-state index in [9.17, 15) is 8.42 Å². The minimum Gasteiger partial charge on any atom is -0.374 e. The third kappa shape index (κ3) is 2.48. The Morgan fingerprint density at radius 1 is 1.44 bits per heavy atom. The van der Waals surface area contributed by atoms with Crippen LogP contribution in [0.5, 0.6) is 0 Å². The molecule has 1 heterocycles. The minimum atomic E-state index is -3.59. The van der Waals surface area contributed by atoms with E-state index in [1.807, 2.05) is 14.1 Å². The van der Waals surface area contributed by atoms with Crippen molar-refractivity contribution in [3.8, 4) is 0 Å². The van der Waals surface area contributed by atoms with E-state index in [4.69, 9.17) is 5.73 Å². The summed E-state index contributed by atoms with van der Waals surface area (Å²) in [4.78, 5) is 2.08. The number of likely N-dealkylation sites (N-methyl/N-ethyl adjacent to an activating group) is 1. The van der Waals surface area contributed by atoms with Crippen LogP contribution >= 0.6 is 11.3 Å². The molecule has 0 spiro atoms. The maximum atomic E-state index is 12.0. The summed E-state index contributed by atoms with van der Waals surface area (Å²) in [7, 11) is 0.343. The molecule has 18 heavy (non-hydrogen) atoms. The Balaban J connectivity index is 2.06. The molecule has 0 radical (unpaired) electrons. The van der Waals surface area contributed by atoms with Crippen LogP contribution in [0, 0.1) is 0 Å². The van der Waals surface area contributed by atoms with Crippen LogP contribution in [-0.2, 0) is 10.0 Å². The molecule has 0 bridgehead atoms. The SMILES string of the molecule is CN(C)C1(CNS(=O)(=O)c2nnc(N)s2)CCC1. The van der Waals surface area contributed by atoms with Gasteiger partial charge in [-0.15, -0.1) is 10.2 Å². The van der Waals surface area contributed by atoms with Crippen LogP contribution in [-0.4, -0.2) is 49.7 Å². The Morgan fingerprint density at radius 2 is 2.11 bits per heavy atom. The summed E-state index contributed by atoms with van der Waals surface area (Å²) in [5.74, 6) is 0.